The number of halogens is 2. The first-order valence-electron chi connectivity index (χ1n) is 6.41. The summed E-state index contributed by atoms with van der Waals surface area (Å²) in [7, 11) is 0. The van der Waals surface area contributed by atoms with Gasteiger partial charge in [-0.2, -0.15) is 0 Å². The molecular formula is C14H17ClFNO2. The number of likely N-dealkylation sites (tertiary alicyclic amines) is 1. The Kier molecular flexibility index (Phi) is 4.42. The van der Waals surface area contributed by atoms with Crippen LogP contribution in [0.5, 0.6) is 0 Å². The maximum absolute atomic E-state index is 13.7. The molecule has 0 spiro atoms. The van der Waals surface area contributed by atoms with Crippen LogP contribution in [0.3, 0.4) is 0 Å². The predicted octanol–water partition coefficient (Wildman–Crippen LogP) is 2.71. The molecule has 1 aliphatic heterocycles. The van der Waals surface area contributed by atoms with Crippen molar-refractivity contribution in [1.29, 1.82) is 0 Å². The molecule has 2 atom stereocenters. The number of carbonyl (C=O) groups is 1. The highest BCUT2D eigenvalue weighted by atomic mass is 35.5. The van der Waals surface area contributed by atoms with E-state index >= 15 is 0 Å². The fraction of sp³-hybridized carbons (Fsp3) is 0.500. The van der Waals surface area contributed by atoms with Crippen LogP contribution in [0.2, 0.25) is 5.02 Å². The third-order valence-corrected chi connectivity index (χ3v) is 3.82. The van der Waals surface area contributed by atoms with Gasteiger partial charge in [0.15, 0.2) is 0 Å². The molecule has 1 aliphatic rings. The number of benzene rings is 1. The second-order valence-electron chi connectivity index (χ2n) is 5.02. The molecule has 1 amide bonds. The average Bonchev–Trinajstić information content (AvgIpc) is 2.41. The number of amides is 1. The Balaban J connectivity index is 2.17. The van der Waals surface area contributed by atoms with Gasteiger partial charge in [0, 0.05) is 24.0 Å². The third kappa shape index (κ3) is 3.25. The minimum absolute atomic E-state index is 0.00116. The monoisotopic (exact) mass is 285 g/mol. The van der Waals surface area contributed by atoms with E-state index in [0.29, 0.717) is 18.1 Å². The van der Waals surface area contributed by atoms with Crippen LogP contribution in [0.1, 0.15) is 30.1 Å². The number of hydrogen-bond acceptors (Lipinski definition) is 2. The lowest BCUT2D eigenvalue weighted by Crippen LogP contribution is -2.43. The van der Waals surface area contributed by atoms with Gasteiger partial charge in [-0.1, -0.05) is 11.6 Å². The highest BCUT2D eigenvalue weighted by molar-refractivity contribution is 6.31. The van der Waals surface area contributed by atoms with Gasteiger partial charge in [-0.05, 0) is 38.0 Å². The Morgan fingerprint density at radius 1 is 1.58 bits per heavy atom. The van der Waals surface area contributed by atoms with Crippen LogP contribution in [0.4, 0.5) is 4.39 Å². The van der Waals surface area contributed by atoms with E-state index in [0.717, 1.165) is 12.8 Å². The van der Waals surface area contributed by atoms with E-state index < -0.39 is 11.9 Å². The average molecular weight is 286 g/mol. The lowest BCUT2D eigenvalue weighted by Gasteiger charge is -2.34. The second-order valence-corrected chi connectivity index (χ2v) is 5.45. The Bertz CT molecular complexity index is 479. The van der Waals surface area contributed by atoms with Crippen molar-refractivity contribution in [2.24, 2.45) is 5.92 Å². The van der Waals surface area contributed by atoms with Gasteiger partial charge in [-0.15, -0.1) is 0 Å². The zero-order chi connectivity index (χ0) is 14.0. The molecule has 5 heteroatoms. The summed E-state index contributed by atoms with van der Waals surface area (Å²) in [6.45, 7) is 2.77. The van der Waals surface area contributed by atoms with Crippen molar-refractivity contribution in [3.63, 3.8) is 0 Å². The molecule has 1 aromatic rings. The van der Waals surface area contributed by atoms with E-state index in [1.54, 1.807) is 11.8 Å². The number of piperidine rings is 1. The van der Waals surface area contributed by atoms with Crippen LogP contribution in [-0.2, 0) is 0 Å². The first-order chi connectivity index (χ1) is 8.99. The van der Waals surface area contributed by atoms with E-state index in [-0.39, 0.29) is 17.4 Å². The number of nitrogens with zero attached hydrogens (tertiary/aromatic N) is 1. The first kappa shape index (κ1) is 14.3. The van der Waals surface area contributed by atoms with Crippen LogP contribution in [0.25, 0.3) is 0 Å². The normalized spacial score (nSPS) is 21.3. The highest BCUT2D eigenvalue weighted by Crippen LogP contribution is 2.23. The summed E-state index contributed by atoms with van der Waals surface area (Å²) in [6.07, 6.45) is 1.25. The fourth-order valence-electron chi connectivity index (χ4n) is 2.42. The second kappa shape index (κ2) is 5.88. The van der Waals surface area contributed by atoms with Crippen LogP contribution < -0.4 is 0 Å². The molecule has 2 rings (SSSR count). The Morgan fingerprint density at radius 2 is 2.32 bits per heavy atom. The van der Waals surface area contributed by atoms with Crippen molar-refractivity contribution >= 4 is 17.5 Å². The Morgan fingerprint density at radius 3 is 3.00 bits per heavy atom. The van der Waals surface area contributed by atoms with Crippen LogP contribution in [0, 0.1) is 11.7 Å². The molecule has 2 unspecified atom stereocenters. The molecule has 1 saturated heterocycles. The molecule has 0 aliphatic carbocycles. The third-order valence-electron chi connectivity index (χ3n) is 3.59. The summed E-state index contributed by atoms with van der Waals surface area (Å²) in [5.74, 6) is -0.862. The lowest BCUT2D eigenvalue weighted by molar-refractivity contribution is 0.0463. The number of aliphatic hydroxyl groups is 1. The van der Waals surface area contributed by atoms with E-state index in [4.69, 9.17) is 11.6 Å². The number of aliphatic hydroxyl groups excluding tert-OH is 1. The summed E-state index contributed by atoms with van der Waals surface area (Å²) in [5.41, 5.74) is -0.00116. The predicted molar refractivity (Wildman–Crippen MR) is 71.7 cm³/mol. The van der Waals surface area contributed by atoms with Crippen molar-refractivity contribution in [1.82, 2.24) is 4.90 Å². The van der Waals surface area contributed by atoms with Crippen molar-refractivity contribution in [3.8, 4) is 0 Å². The van der Waals surface area contributed by atoms with Crippen LogP contribution in [-0.4, -0.2) is 35.1 Å². The van der Waals surface area contributed by atoms with Crippen molar-refractivity contribution in [3.05, 3.63) is 34.6 Å². The SMILES string of the molecule is CC(O)C1CCCN(C(=O)c2cc(Cl)ccc2F)C1. The topological polar surface area (TPSA) is 40.5 Å². The first-order valence-corrected chi connectivity index (χ1v) is 6.79. The van der Waals surface area contributed by atoms with Gasteiger partial charge in [0.1, 0.15) is 5.82 Å². The number of rotatable bonds is 2. The molecular weight excluding hydrogens is 269 g/mol. The van der Waals surface area contributed by atoms with Gasteiger partial charge >= 0.3 is 0 Å². The van der Waals surface area contributed by atoms with E-state index in [1.165, 1.54) is 18.2 Å². The molecule has 0 radical (unpaired) electrons. The molecule has 1 fully saturated rings. The quantitative estimate of drug-likeness (QED) is 0.908. The van der Waals surface area contributed by atoms with Gasteiger partial charge in [0.05, 0.1) is 11.7 Å². The maximum Gasteiger partial charge on any atom is 0.256 e. The summed E-state index contributed by atoms with van der Waals surface area (Å²) in [4.78, 5) is 13.9. The smallest absolute Gasteiger partial charge is 0.256 e. The number of hydrogen-bond donors (Lipinski definition) is 1. The number of carbonyl (C=O) groups excluding carboxylic acids is 1. The lowest BCUT2D eigenvalue weighted by atomic mass is 9.93. The van der Waals surface area contributed by atoms with Gasteiger partial charge in [0.2, 0.25) is 0 Å². The molecule has 3 nitrogen and oxygen atoms in total. The molecule has 104 valence electrons. The summed E-state index contributed by atoms with van der Waals surface area (Å²) in [6, 6.07) is 3.97. The largest absolute Gasteiger partial charge is 0.393 e. The van der Waals surface area contributed by atoms with Crippen molar-refractivity contribution in [2.45, 2.75) is 25.9 Å². The fourth-order valence-corrected chi connectivity index (χ4v) is 2.59. The Labute approximate surface area is 117 Å². The van der Waals surface area contributed by atoms with Gasteiger partial charge in [-0.25, -0.2) is 4.39 Å². The van der Waals surface area contributed by atoms with E-state index in [1.807, 2.05) is 0 Å². The van der Waals surface area contributed by atoms with E-state index in [9.17, 15) is 14.3 Å². The Hall–Kier alpha value is -1.13. The molecule has 0 saturated carbocycles. The molecule has 1 heterocycles. The summed E-state index contributed by atoms with van der Waals surface area (Å²) in [5, 5.41) is 9.95. The van der Waals surface area contributed by atoms with Gasteiger partial charge < -0.3 is 10.0 Å². The van der Waals surface area contributed by atoms with Crippen LogP contribution in [0.15, 0.2) is 18.2 Å². The molecule has 19 heavy (non-hydrogen) atoms. The summed E-state index contributed by atoms with van der Waals surface area (Å²) < 4.78 is 13.7. The summed E-state index contributed by atoms with van der Waals surface area (Å²) >= 11 is 5.80. The standard InChI is InChI=1S/C14H17ClFNO2/c1-9(18)10-3-2-6-17(8-10)14(19)12-7-11(15)4-5-13(12)16/h4-5,7,9-10,18H,2-3,6,8H2,1H3. The van der Waals surface area contributed by atoms with Crippen molar-refractivity contribution < 1.29 is 14.3 Å². The van der Waals surface area contributed by atoms with Gasteiger partial charge in [0.25, 0.3) is 5.91 Å². The van der Waals surface area contributed by atoms with Crippen LogP contribution >= 0.6 is 11.6 Å². The molecule has 1 N–H and O–H groups in total. The maximum atomic E-state index is 13.7. The highest BCUT2D eigenvalue weighted by Gasteiger charge is 2.28. The molecule has 0 aromatic heterocycles. The minimum Gasteiger partial charge on any atom is -0.393 e. The zero-order valence-electron chi connectivity index (χ0n) is 10.8. The van der Waals surface area contributed by atoms with E-state index in [2.05, 4.69) is 0 Å². The molecule has 0 bridgehead atoms. The van der Waals surface area contributed by atoms with Gasteiger partial charge in [-0.3, -0.25) is 4.79 Å². The minimum atomic E-state index is -0.562. The molecule has 1 aromatic carbocycles. The van der Waals surface area contributed by atoms with Crippen molar-refractivity contribution in [2.75, 3.05) is 13.1 Å². The zero-order valence-corrected chi connectivity index (χ0v) is 11.5.